The van der Waals surface area contributed by atoms with Gasteiger partial charge >= 0.3 is 0 Å². The van der Waals surface area contributed by atoms with Crippen LogP contribution in [0.5, 0.6) is 0 Å². The molecule has 0 radical (unpaired) electrons. The molecule has 8 nitrogen and oxygen atoms in total. The van der Waals surface area contributed by atoms with Gasteiger partial charge in [0.25, 0.3) is 0 Å². The first-order valence-corrected chi connectivity index (χ1v) is 12.1. The third-order valence-corrected chi connectivity index (χ3v) is 7.56. The van der Waals surface area contributed by atoms with Crippen LogP contribution < -0.4 is 5.32 Å². The predicted octanol–water partition coefficient (Wildman–Crippen LogP) is 2.27. The second-order valence-electron chi connectivity index (χ2n) is 8.44. The van der Waals surface area contributed by atoms with E-state index in [1.807, 2.05) is 12.1 Å². The zero-order valence-corrected chi connectivity index (χ0v) is 18.0. The molecule has 4 heterocycles. The van der Waals surface area contributed by atoms with Gasteiger partial charge in [-0.15, -0.1) is 10.2 Å². The molecule has 0 spiro atoms. The normalized spacial score (nSPS) is 20.4. The summed E-state index contributed by atoms with van der Waals surface area (Å²) in [7, 11) is -3.21. The van der Waals surface area contributed by atoms with Gasteiger partial charge in [0, 0.05) is 31.1 Å². The van der Waals surface area contributed by atoms with Gasteiger partial charge in [-0.2, -0.15) is 4.31 Å². The molecule has 0 saturated heterocycles. The number of aliphatic imine (C=N–C) groups is 1. The smallest absolute Gasteiger partial charge is 0.211 e. The molecule has 0 unspecified atom stereocenters. The molecule has 0 aromatic carbocycles. The van der Waals surface area contributed by atoms with E-state index < -0.39 is 10.0 Å². The number of rotatable bonds is 6. The van der Waals surface area contributed by atoms with E-state index in [-0.39, 0.29) is 11.2 Å². The van der Waals surface area contributed by atoms with Gasteiger partial charge in [-0.25, -0.2) is 12.8 Å². The third-order valence-electron chi connectivity index (χ3n) is 6.36. The van der Waals surface area contributed by atoms with Gasteiger partial charge < -0.3 is 5.32 Å². The number of hydrogen-bond donors (Lipinski definition) is 1. The van der Waals surface area contributed by atoms with E-state index >= 15 is 0 Å². The zero-order chi connectivity index (χ0) is 21.6. The molecular formula is C21H23FN6O2S. The van der Waals surface area contributed by atoms with E-state index in [9.17, 15) is 12.8 Å². The monoisotopic (exact) mass is 442 g/mol. The molecule has 1 aliphatic carbocycles. The molecule has 1 N–H and O–H groups in total. The van der Waals surface area contributed by atoms with Gasteiger partial charge in [-0.3, -0.25) is 9.98 Å². The number of anilines is 1. The third kappa shape index (κ3) is 3.74. The summed E-state index contributed by atoms with van der Waals surface area (Å²) >= 11 is 0. The first-order valence-electron chi connectivity index (χ1n) is 10.3. The maximum atomic E-state index is 14.3. The van der Waals surface area contributed by atoms with E-state index in [0.717, 1.165) is 36.2 Å². The molecule has 1 fully saturated rings. The lowest BCUT2D eigenvalue weighted by atomic mass is 9.66. The van der Waals surface area contributed by atoms with Crippen LogP contribution in [-0.2, 0) is 15.4 Å². The van der Waals surface area contributed by atoms with Crippen molar-refractivity contribution in [3.8, 4) is 0 Å². The van der Waals surface area contributed by atoms with Crippen LogP contribution in [0.3, 0.4) is 0 Å². The number of nitrogens with one attached hydrogen (secondary N) is 1. The van der Waals surface area contributed by atoms with Gasteiger partial charge in [0.15, 0.2) is 0 Å². The van der Waals surface area contributed by atoms with E-state index in [4.69, 9.17) is 0 Å². The summed E-state index contributed by atoms with van der Waals surface area (Å²) in [5.74, 6) is 0.355. The Kier molecular flexibility index (Phi) is 4.86. The highest BCUT2D eigenvalue weighted by molar-refractivity contribution is 7.88. The number of hydrogen-bond acceptors (Lipinski definition) is 7. The quantitative estimate of drug-likeness (QED) is 0.737. The van der Waals surface area contributed by atoms with Crippen LogP contribution in [0.1, 0.15) is 37.1 Å². The topological polar surface area (TPSA) is 100 Å². The van der Waals surface area contributed by atoms with Gasteiger partial charge in [0.05, 0.1) is 29.9 Å². The van der Waals surface area contributed by atoms with Gasteiger partial charge in [0.1, 0.15) is 17.3 Å². The minimum atomic E-state index is -3.21. The van der Waals surface area contributed by atoms with E-state index in [1.165, 1.54) is 16.6 Å². The standard InChI is InChI=1S/C21H23FN6O2S/c1-31(29,30)28-11-14-10-17(25-18(14)12-28)16-5-6-19(27-26-16)24-13-21(7-3-8-21)20-15(22)4-2-9-23-20/h2,4-6,9H,3,7-8,10-13H2,1H3,(H,24,27). The highest BCUT2D eigenvalue weighted by atomic mass is 32.2. The van der Waals surface area contributed by atoms with Crippen molar-refractivity contribution in [3.63, 3.8) is 0 Å². The Morgan fingerprint density at radius 1 is 1.19 bits per heavy atom. The molecule has 31 heavy (non-hydrogen) atoms. The molecule has 2 aromatic heterocycles. The Labute approximate surface area is 180 Å². The van der Waals surface area contributed by atoms with Crippen LogP contribution >= 0.6 is 0 Å². The van der Waals surface area contributed by atoms with Crippen LogP contribution in [0.25, 0.3) is 0 Å². The Hall–Kier alpha value is -2.72. The van der Waals surface area contributed by atoms with Crippen LogP contribution in [0.15, 0.2) is 46.7 Å². The fraction of sp³-hybridized carbons (Fsp3) is 0.429. The first kappa shape index (κ1) is 20.2. The van der Waals surface area contributed by atoms with E-state index in [0.29, 0.717) is 43.3 Å². The van der Waals surface area contributed by atoms with Crippen LogP contribution in [-0.4, -0.2) is 59.5 Å². The van der Waals surface area contributed by atoms with Crippen molar-refractivity contribution >= 4 is 21.6 Å². The predicted molar refractivity (Wildman–Crippen MR) is 115 cm³/mol. The second-order valence-corrected chi connectivity index (χ2v) is 10.4. The summed E-state index contributed by atoms with van der Waals surface area (Å²) < 4.78 is 39.1. The zero-order valence-electron chi connectivity index (χ0n) is 17.2. The average Bonchev–Trinajstić information content (AvgIpc) is 3.28. The van der Waals surface area contributed by atoms with Crippen LogP contribution in [0.4, 0.5) is 10.2 Å². The molecule has 0 amide bonds. The lowest BCUT2D eigenvalue weighted by Gasteiger charge is -2.41. The minimum absolute atomic E-state index is 0.264. The Morgan fingerprint density at radius 3 is 2.65 bits per heavy atom. The summed E-state index contributed by atoms with van der Waals surface area (Å²) in [4.78, 5) is 8.87. The van der Waals surface area contributed by atoms with Gasteiger partial charge in [-0.05, 0) is 42.7 Å². The van der Waals surface area contributed by atoms with Crippen molar-refractivity contribution in [2.75, 3.05) is 31.2 Å². The fourth-order valence-corrected chi connectivity index (χ4v) is 5.16. The summed E-state index contributed by atoms with van der Waals surface area (Å²) in [5, 5.41) is 11.9. The number of sulfonamides is 1. The second kappa shape index (κ2) is 7.45. The highest BCUT2D eigenvalue weighted by Crippen LogP contribution is 2.43. The van der Waals surface area contributed by atoms with E-state index in [1.54, 1.807) is 12.3 Å². The molecule has 3 aliphatic rings. The lowest BCUT2D eigenvalue weighted by Crippen LogP contribution is -2.42. The summed E-state index contributed by atoms with van der Waals surface area (Å²) in [6, 6.07) is 6.77. The van der Waals surface area contributed by atoms with Crippen molar-refractivity contribution in [2.45, 2.75) is 31.1 Å². The average molecular weight is 443 g/mol. The molecule has 2 aromatic rings. The van der Waals surface area contributed by atoms with E-state index in [2.05, 4.69) is 25.5 Å². The van der Waals surface area contributed by atoms with Crippen molar-refractivity contribution in [2.24, 2.45) is 4.99 Å². The molecule has 10 heteroatoms. The van der Waals surface area contributed by atoms with Crippen LogP contribution in [0, 0.1) is 5.82 Å². The molecule has 0 atom stereocenters. The van der Waals surface area contributed by atoms with Crippen LogP contribution in [0.2, 0.25) is 0 Å². The van der Waals surface area contributed by atoms with Crippen molar-refractivity contribution in [3.05, 3.63) is 58.9 Å². The number of pyridine rings is 1. The summed E-state index contributed by atoms with van der Waals surface area (Å²) in [6.45, 7) is 1.25. The number of aromatic nitrogens is 3. The highest BCUT2D eigenvalue weighted by Gasteiger charge is 2.42. The Bertz CT molecular complexity index is 1190. The first-order chi connectivity index (χ1) is 14.8. The number of nitrogens with zero attached hydrogens (tertiary/aromatic N) is 5. The fourth-order valence-electron chi connectivity index (χ4n) is 4.42. The lowest BCUT2D eigenvalue weighted by molar-refractivity contribution is 0.243. The molecule has 5 rings (SSSR count). The molecule has 0 bridgehead atoms. The summed E-state index contributed by atoms with van der Waals surface area (Å²) in [6.07, 6.45) is 6.26. The molecular weight excluding hydrogens is 419 g/mol. The van der Waals surface area contributed by atoms with Gasteiger partial charge in [0.2, 0.25) is 10.0 Å². The molecule has 2 aliphatic heterocycles. The minimum Gasteiger partial charge on any atom is -0.368 e. The SMILES string of the molecule is CS(=O)(=O)N1CC2=C(C1)N=C(c1ccc(NCC3(c4ncccc4F)CCC3)nn1)C2. The maximum Gasteiger partial charge on any atom is 0.211 e. The molecule has 162 valence electrons. The largest absolute Gasteiger partial charge is 0.368 e. The Balaban J connectivity index is 1.24. The Morgan fingerprint density at radius 2 is 2.03 bits per heavy atom. The van der Waals surface area contributed by atoms with Crippen molar-refractivity contribution < 1.29 is 12.8 Å². The van der Waals surface area contributed by atoms with Crippen molar-refractivity contribution in [1.82, 2.24) is 19.5 Å². The maximum absolute atomic E-state index is 14.3. The van der Waals surface area contributed by atoms with Gasteiger partial charge in [-0.1, -0.05) is 6.42 Å². The van der Waals surface area contributed by atoms with Crippen molar-refractivity contribution in [1.29, 1.82) is 0 Å². The summed E-state index contributed by atoms with van der Waals surface area (Å²) in [5.41, 5.74) is 3.53. The molecule has 1 saturated carbocycles. The number of halogens is 1.